The molecule has 0 aliphatic carbocycles. The summed E-state index contributed by atoms with van der Waals surface area (Å²) in [5, 5.41) is 0. The molecule has 0 aliphatic rings. The number of hydrogen-bond donors (Lipinski definition) is 0. The van der Waals surface area contributed by atoms with E-state index in [-0.39, 0.29) is 37.5 Å². The molecule has 1 unspecified atom stereocenters. The first-order valence-electron chi connectivity index (χ1n) is 26.9. The maximum atomic E-state index is 12.8. The van der Waals surface area contributed by atoms with E-state index in [0.717, 1.165) is 103 Å². The Bertz CT molecular complexity index is 1370. The van der Waals surface area contributed by atoms with E-state index in [1.54, 1.807) is 0 Å². The zero-order chi connectivity index (χ0) is 47.9. The van der Waals surface area contributed by atoms with Crippen molar-refractivity contribution in [3.05, 3.63) is 109 Å². The van der Waals surface area contributed by atoms with Crippen LogP contribution in [0.3, 0.4) is 0 Å². The van der Waals surface area contributed by atoms with Crippen LogP contribution in [0.5, 0.6) is 0 Å². The summed E-state index contributed by atoms with van der Waals surface area (Å²) in [4.78, 5) is 38.0. The van der Waals surface area contributed by atoms with Crippen molar-refractivity contribution in [3.63, 3.8) is 0 Å². The van der Waals surface area contributed by atoms with E-state index in [0.29, 0.717) is 19.3 Å². The molecule has 1 atom stereocenters. The van der Waals surface area contributed by atoms with Crippen molar-refractivity contribution < 1.29 is 28.6 Å². The van der Waals surface area contributed by atoms with Gasteiger partial charge in [-0.15, -0.1) is 0 Å². The lowest BCUT2D eigenvalue weighted by atomic mass is 10.1. The number of ether oxygens (including phenoxy) is 3. The van der Waals surface area contributed by atoms with E-state index in [2.05, 4.69) is 118 Å². The minimum Gasteiger partial charge on any atom is -0.462 e. The zero-order valence-electron chi connectivity index (χ0n) is 42.7. The predicted molar refractivity (Wildman–Crippen MR) is 283 cm³/mol. The molecule has 0 aromatic rings. The fourth-order valence-corrected chi connectivity index (χ4v) is 6.97. The molecule has 0 fully saturated rings. The van der Waals surface area contributed by atoms with Crippen LogP contribution in [-0.4, -0.2) is 37.2 Å². The number of carbonyl (C=O) groups excluding carboxylic acids is 3. The van der Waals surface area contributed by atoms with E-state index in [1.165, 1.54) is 83.5 Å². The van der Waals surface area contributed by atoms with Gasteiger partial charge in [0.05, 0.1) is 0 Å². The van der Waals surface area contributed by atoms with Crippen LogP contribution in [0.2, 0.25) is 0 Å². The molecule has 0 amide bonds. The van der Waals surface area contributed by atoms with Crippen molar-refractivity contribution in [1.29, 1.82) is 0 Å². The first kappa shape index (κ1) is 62.1. The summed E-state index contributed by atoms with van der Waals surface area (Å²) >= 11 is 0. The van der Waals surface area contributed by atoms with Gasteiger partial charge in [0.15, 0.2) is 6.10 Å². The Labute approximate surface area is 406 Å². The number of esters is 3. The maximum absolute atomic E-state index is 12.8. The first-order chi connectivity index (χ1) is 32.5. The predicted octanol–water partition coefficient (Wildman–Crippen LogP) is 17.9. The van der Waals surface area contributed by atoms with Crippen molar-refractivity contribution in [2.24, 2.45) is 0 Å². The first-order valence-corrected chi connectivity index (χ1v) is 26.9. The molecule has 0 aromatic heterocycles. The number of rotatable bonds is 47. The summed E-state index contributed by atoms with van der Waals surface area (Å²) in [6, 6.07) is 0. The Morgan fingerprint density at radius 3 is 1.17 bits per heavy atom. The van der Waals surface area contributed by atoms with Gasteiger partial charge in [-0.25, -0.2) is 0 Å². The van der Waals surface area contributed by atoms with Gasteiger partial charge < -0.3 is 14.2 Å². The van der Waals surface area contributed by atoms with E-state index < -0.39 is 6.10 Å². The molecule has 0 aliphatic heterocycles. The Kier molecular flexibility index (Phi) is 50.5. The van der Waals surface area contributed by atoms with Gasteiger partial charge in [-0.3, -0.25) is 14.4 Å². The molecule has 0 heterocycles. The number of unbranched alkanes of at least 4 members (excludes halogenated alkanes) is 19. The lowest BCUT2D eigenvalue weighted by molar-refractivity contribution is -0.166. The van der Waals surface area contributed by atoms with E-state index in [1.807, 2.05) is 12.2 Å². The Balaban J connectivity index is 4.51. The SMILES string of the molecule is CC/C=C\C/C=C\C/C=C\C/C=C\C/C=C\C/C=C\CCC(=O)OCC(COC(=O)CCCCC/C=C\C=C/CCCC)OC(=O)CCCCCCC/C=C\CCCCCCCCCCC. The Morgan fingerprint density at radius 2 is 0.682 bits per heavy atom. The van der Waals surface area contributed by atoms with Crippen LogP contribution in [-0.2, 0) is 28.6 Å². The van der Waals surface area contributed by atoms with Crippen molar-refractivity contribution in [2.75, 3.05) is 13.2 Å². The van der Waals surface area contributed by atoms with Gasteiger partial charge >= 0.3 is 17.9 Å². The van der Waals surface area contributed by atoms with Crippen LogP contribution in [0, 0.1) is 0 Å². The highest BCUT2D eigenvalue weighted by molar-refractivity contribution is 5.71. The third-order valence-corrected chi connectivity index (χ3v) is 11.0. The Hall–Kier alpha value is -3.93. The monoisotopic (exact) mass is 915 g/mol. The Morgan fingerprint density at radius 1 is 0.333 bits per heavy atom. The third kappa shape index (κ3) is 51.1. The molecule has 0 aromatic carbocycles. The van der Waals surface area contributed by atoms with Crippen molar-refractivity contribution in [2.45, 2.75) is 239 Å². The van der Waals surface area contributed by atoms with Crippen molar-refractivity contribution in [1.82, 2.24) is 0 Å². The van der Waals surface area contributed by atoms with E-state index in [4.69, 9.17) is 14.2 Å². The van der Waals surface area contributed by atoms with Crippen LogP contribution in [0.25, 0.3) is 0 Å². The standard InChI is InChI=1S/C60H98O6/c1-4-7-10-13-16-19-22-24-26-28-30-32-33-35-38-41-44-47-50-53-59(62)65-56-57(55-64-58(61)52-49-46-43-40-37-21-18-15-12-9-6-3)66-60(63)54-51-48-45-42-39-36-34-31-29-27-25-23-20-17-14-11-8-5-2/h7,10,15-16,18-19,21,24,26,30-32,34-35,37-38,44,47,57H,4-6,8-9,11-14,17,20,22-23,25,27-29,33,36,39-43,45-46,48-56H2,1-3H3/b10-7-,18-15-,19-16-,26-24-,32-30-,34-31-,37-21-,38-35-,47-44-. The summed E-state index contributed by atoms with van der Waals surface area (Å²) in [6.07, 6.45) is 72.3. The summed E-state index contributed by atoms with van der Waals surface area (Å²) < 4.78 is 16.7. The highest BCUT2D eigenvalue weighted by Crippen LogP contribution is 2.13. The normalized spacial score (nSPS) is 13.0. The quantitative estimate of drug-likeness (QED) is 0.0199. The van der Waals surface area contributed by atoms with Crippen LogP contribution >= 0.6 is 0 Å². The minimum atomic E-state index is -0.825. The van der Waals surface area contributed by atoms with E-state index in [9.17, 15) is 14.4 Å². The fraction of sp³-hybridized carbons (Fsp3) is 0.650. The summed E-state index contributed by atoms with van der Waals surface area (Å²) in [5.41, 5.74) is 0. The van der Waals surface area contributed by atoms with Crippen LogP contribution in [0.15, 0.2) is 109 Å². The summed E-state index contributed by atoms with van der Waals surface area (Å²) in [5.74, 6) is -1.05. The van der Waals surface area contributed by atoms with Crippen LogP contribution < -0.4 is 0 Å². The van der Waals surface area contributed by atoms with Crippen LogP contribution in [0.1, 0.15) is 233 Å². The lowest BCUT2D eigenvalue weighted by Crippen LogP contribution is -2.30. The van der Waals surface area contributed by atoms with Gasteiger partial charge in [0.25, 0.3) is 0 Å². The molecule has 6 heteroatoms. The average molecular weight is 915 g/mol. The molecule has 374 valence electrons. The van der Waals surface area contributed by atoms with Gasteiger partial charge in [-0.2, -0.15) is 0 Å². The molecule has 6 nitrogen and oxygen atoms in total. The van der Waals surface area contributed by atoms with Gasteiger partial charge in [0.1, 0.15) is 13.2 Å². The third-order valence-electron chi connectivity index (χ3n) is 11.0. The summed E-state index contributed by atoms with van der Waals surface area (Å²) in [7, 11) is 0. The number of carbonyl (C=O) groups is 3. The van der Waals surface area contributed by atoms with Gasteiger partial charge in [-0.05, 0) is 103 Å². The van der Waals surface area contributed by atoms with Crippen molar-refractivity contribution >= 4 is 17.9 Å². The molecular weight excluding hydrogens is 817 g/mol. The van der Waals surface area contributed by atoms with Gasteiger partial charge in [-0.1, -0.05) is 220 Å². The summed E-state index contributed by atoms with van der Waals surface area (Å²) in [6.45, 7) is 6.37. The maximum Gasteiger partial charge on any atom is 0.306 e. The molecule has 0 saturated heterocycles. The van der Waals surface area contributed by atoms with E-state index >= 15 is 0 Å². The number of hydrogen-bond acceptors (Lipinski definition) is 6. The molecule has 0 N–H and O–H groups in total. The molecule has 0 radical (unpaired) electrons. The average Bonchev–Trinajstić information content (AvgIpc) is 3.31. The van der Waals surface area contributed by atoms with Gasteiger partial charge in [0, 0.05) is 19.3 Å². The minimum absolute atomic E-state index is 0.120. The zero-order valence-corrected chi connectivity index (χ0v) is 42.7. The lowest BCUT2D eigenvalue weighted by Gasteiger charge is -2.18. The number of allylic oxidation sites excluding steroid dienone is 18. The van der Waals surface area contributed by atoms with Crippen molar-refractivity contribution in [3.8, 4) is 0 Å². The van der Waals surface area contributed by atoms with Crippen LogP contribution in [0.4, 0.5) is 0 Å². The molecule has 0 saturated carbocycles. The molecule has 0 rings (SSSR count). The molecule has 0 spiro atoms. The second-order valence-electron chi connectivity index (χ2n) is 17.4. The smallest absolute Gasteiger partial charge is 0.306 e. The molecule has 0 bridgehead atoms. The van der Waals surface area contributed by atoms with Gasteiger partial charge in [0.2, 0.25) is 0 Å². The highest BCUT2D eigenvalue weighted by Gasteiger charge is 2.19. The molecule has 66 heavy (non-hydrogen) atoms. The highest BCUT2D eigenvalue weighted by atomic mass is 16.6. The second-order valence-corrected chi connectivity index (χ2v) is 17.4. The topological polar surface area (TPSA) is 78.9 Å². The second kappa shape index (κ2) is 53.7. The largest absolute Gasteiger partial charge is 0.462 e. The molecular formula is C60H98O6. The fourth-order valence-electron chi connectivity index (χ4n) is 6.97.